The van der Waals surface area contributed by atoms with E-state index in [9.17, 15) is 22.4 Å². The van der Waals surface area contributed by atoms with Gasteiger partial charge in [0, 0.05) is 37.9 Å². The zero-order chi connectivity index (χ0) is 22.9. The SMILES string of the molecule is CC(=O)N1CCCc2cc(S(=O)(=O)N3CCC[C@@H](C(=O)Nc4ccc(F)cc4)C3)ccc21. The first kappa shape index (κ1) is 22.4. The summed E-state index contributed by atoms with van der Waals surface area (Å²) >= 11 is 0. The molecule has 1 saturated heterocycles. The van der Waals surface area contributed by atoms with E-state index in [1.165, 1.54) is 41.6 Å². The molecule has 2 aromatic carbocycles. The summed E-state index contributed by atoms with van der Waals surface area (Å²) in [5, 5.41) is 2.74. The van der Waals surface area contributed by atoms with Gasteiger partial charge in [-0.15, -0.1) is 0 Å². The van der Waals surface area contributed by atoms with E-state index in [0.717, 1.165) is 17.7 Å². The molecule has 2 amide bonds. The van der Waals surface area contributed by atoms with Gasteiger partial charge in [-0.3, -0.25) is 9.59 Å². The lowest BCUT2D eigenvalue weighted by Crippen LogP contribution is -2.43. The van der Waals surface area contributed by atoms with Crippen molar-refractivity contribution in [1.82, 2.24) is 4.31 Å². The first-order chi connectivity index (χ1) is 15.3. The summed E-state index contributed by atoms with van der Waals surface area (Å²) in [6.07, 6.45) is 2.65. The lowest BCUT2D eigenvalue weighted by atomic mass is 9.99. The van der Waals surface area contributed by atoms with Crippen molar-refractivity contribution in [2.24, 2.45) is 5.92 Å². The zero-order valence-electron chi connectivity index (χ0n) is 17.9. The van der Waals surface area contributed by atoms with Crippen LogP contribution in [0.3, 0.4) is 0 Å². The molecule has 2 aliphatic rings. The Hall–Kier alpha value is -2.78. The first-order valence-corrected chi connectivity index (χ1v) is 12.2. The number of nitrogens with one attached hydrogen (secondary N) is 1. The molecular formula is C23H26FN3O4S. The van der Waals surface area contributed by atoms with E-state index in [0.29, 0.717) is 38.0 Å². The van der Waals surface area contributed by atoms with E-state index in [1.807, 2.05) is 0 Å². The minimum Gasteiger partial charge on any atom is -0.326 e. The van der Waals surface area contributed by atoms with Crippen LogP contribution >= 0.6 is 0 Å². The summed E-state index contributed by atoms with van der Waals surface area (Å²) in [6.45, 7) is 2.57. The molecule has 4 rings (SSSR count). The number of nitrogens with zero attached hydrogens (tertiary/aromatic N) is 2. The lowest BCUT2D eigenvalue weighted by Gasteiger charge is -2.32. The fourth-order valence-electron chi connectivity index (χ4n) is 4.36. The Balaban J connectivity index is 1.50. The highest BCUT2D eigenvalue weighted by Gasteiger charge is 2.34. The van der Waals surface area contributed by atoms with Crippen molar-refractivity contribution < 1.29 is 22.4 Å². The molecule has 1 atom stereocenters. The average molecular weight is 460 g/mol. The van der Waals surface area contributed by atoms with Crippen molar-refractivity contribution in [3.63, 3.8) is 0 Å². The molecule has 0 aliphatic carbocycles. The van der Waals surface area contributed by atoms with Crippen molar-refractivity contribution in [2.45, 2.75) is 37.5 Å². The van der Waals surface area contributed by atoms with Crippen LogP contribution in [0.4, 0.5) is 15.8 Å². The Morgan fingerprint density at radius 2 is 1.81 bits per heavy atom. The van der Waals surface area contributed by atoms with Gasteiger partial charge in [-0.1, -0.05) is 0 Å². The van der Waals surface area contributed by atoms with E-state index >= 15 is 0 Å². The monoisotopic (exact) mass is 459 g/mol. The number of carbonyl (C=O) groups excluding carboxylic acids is 2. The molecule has 170 valence electrons. The van der Waals surface area contributed by atoms with Crippen LogP contribution in [0.5, 0.6) is 0 Å². The van der Waals surface area contributed by atoms with Gasteiger partial charge in [-0.25, -0.2) is 12.8 Å². The largest absolute Gasteiger partial charge is 0.326 e. The Bertz CT molecular complexity index is 1130. The number of hydrogen-bond donors (Lipinski definition) is 1. The maximum atomic E-state index is 13.3. The Labute approximate surface area is 187 Å². The number of aryl methyl sites for hydroxylation is 1. The van der Waals surface area contributed by atoms with Crippen molar-refractivity contribution in [3.05, 3.63) is 53.8 Å². The third-order valence-electron chi connectivity index (χ3n) is 6.05. The van der Waals surface area contributed by atoms with Gasteiger partial charge in [0.25, 0.3) is 0 Å². The standard InChI is InChI=1S/C23H26FN3O4S/c1-16(28)27-13-3-4-17-14-21(10-11-22(17)27)32(30,31)26-12-2-5-18(15-26)23(29)25-20-8-6-19(24)7-9-20/h6-11,14,18H,2-5,12-13,15H2,1H3,(H,25,29)/t18-/m1/s1. The van der Waals surface area contributed by atoms with Gasteiger partial charge in [0.05, 0.1) is 10.8 Å². The molecule has 0 unspecified atom stereocenters. The summed E-state index contributed by atoms with van der Waals surface area (Å²) in [5.41, 5.74) is 2.08. The molecule has 32 heavy (non-hydrogen) atoms. The van der Waals surface area contributed by atoms with Crippen molar-refractivity contribution in [1.29, 1.82) is 0 Å². The topological polar surface area (TPSA) is 86.8 Å². The van der Waals surface area contributed by atoms with Gasteiger partial charge in [0.1, 0.15) is 5.82 Å². The van der Waals surface area contributed by atoms with Crippen LogP contribution in [0.15, 0.2) is 47.4 Å². The van der Waals surface area contributed by atoms with Crippen LogP contribution in [0.1, 0.15) is 31.7 Å². The number of halogens is 1. The van der Waals surface area contributed by atoms with E-state index in [2.05, 4.69) is 5.32 Å². The second kappa shape index (κ2) is 8.99. The van der Waals surface area contributed by atoms with Gasteiger partial charge in [-0.05, 0) is 73.7 Å². The Morgan fingerprint density at radius 3 is 2.53 bits per heavy atom. The number of amides is 2. The van der Waals surface area contributed by atoms with Gasteiger partial charge >= 0.3 is 0 Å². The number of carbonyl (C=O) groups is 2. The molecule has 2 aromatic rings. The molecule has 1 N–H and O–H groups in total. The third-order valence-corrected chi connectivity index (χ3v) is 7.92. The van der Waals surface area contributed by atoms with Crippen molar-refractivity contribution in [2.75, 3.05) is 29.9 Å². The molecule has 0 bridgehead atoms. The highest BCUT2D eigenvalue weighted by molar-refractivity contribution is 7.89. The number of rotatable bonds is 4. The molecule has 1 fully saturated rings. The van der Waals surface area contributed by atoms with Crippen LogP contribution in [0.2, 0.25) is 0 Å². The first-order valence-electron chi connectivity index (χ1n) is 10.7. The summed E-state index contributed by atoms with van der Waals surface area (Å²) in [5.74, 6) is -1.23. The number of hydrogen-bond acceptors (Lipinski definition) is 4. The second-order valence-electron chi connectivity index (χ2n) is 8.26. The quantitative estimate of drug-likeness (QED) is 0.761. The number of benzene rings is 2. The number of fused-ring (bicyclic) bond motifs is 1. The summed E-state index contributed by atoms with van der Waals surface area (Å²) < 4.78 is 41.1. The molecule has 2 aliphatic heterocycles. The van der Waals surface area contributed by atoms with Gasteiger partial charge < -0.3 is 10.2 Å². The third kappa shape index (κ3) is 4.54. The highest BCUT2D eigenvalue weighted by atomic mass is 32.2. The highest BCUT2D eigenvalue weighted by Crippen LogP contribution is 2.32. The molecule has 0 aromatic heterocycles. The van der Waals surface area contributed by atoms with E-state index in [4.69, 9.17) is 0 Å². The molecule has 0 spiro atoms. The molecule has 0 radical (unpaired) electrons. The minimum atomic E-state index is -3.78. The number of anilines is 2. The Morgan fingerprint density at radius 1 is 1.06 bits per heavy atom. The average Bonchev–Trinajstić information content (AvgIpc) is 2.79. The van der Waals surface area contributed by atoms with Gasteiger partial charge in [0.15, 0.2) is 0 Å². The van der Waals surface area contributed by atoms with E-state index < -0.39 is 21.8 Å². The van der Waals surface area contributed by atoms with E-state index in [-0.39, 0.29) is 23.3 Å². The maximum absolute atomic E-state index is 13.3. The molecular weight excluding hydrogens is 433 g/mol. The summed E-state index contributed by atoms with van der Waals surface area (Å²) in [7, 11) is -3.78. The van der Waals surface area contributed by atoms with Gasteiger partial charge in [0.2, 0.25) is 21.8 Å². The van der Waals surface area contributed by atoms with E-state index in [1.54, 1.807) is 17.0 Å². The van der Waals surface area contributed by atoms with Crippen LogP contribution in [0.25, 0.3) is 0 Å². The van der Waals surface area contributed by atoms with Crippen LogP contribution < -0.4 is 10.2 Å². The summed E-state index contributed by atoms with van der Waals surface area (Å²) in [4.78, 5) is 26.4. The van der Waals surface area contributed by atoms with Crippen LogP contribution in [-0.2, 0) is 26.0 Å². The smallest absolute Gasteiger partial charge is 0.243 e. The van der Waals surface area contributed by atoms with Crippen LogP contribution in [-0.4, -0.2) is 44.2 Å². The fourth-order valence-corrected chi connectivity index (χ4v) is 5.94. The molecule has 9 heteroatoms. The maximum Gasteiger partial charge on any atom is 0.243 e. The molecule has 7 nitrogen and oxygen atoms in total. The molecule has 0 saturated carbocycles. The summed E-state index contributed by atoms with van der Waals surface area (Å²) in [6, 6.07) is 10.4. The van der Waals surface area contributed by atoms with Crippen LogP contribution in [0, 0.1) is 11.7 Å². The predicted octanol–water partition coefficient (Wildman–Crippen LogP) is 3.16. The van der Waals surface area contributed by atoms with Crippen molar-refractivity contribution >= 4 is 33.2 Å². The van der Waals surface area contributed by atoms with Crippen molar-refractivity contribution in [3.8, 4) is 0 Å². The Kier molecular flexibility index (Phi) is 6.30. The number of piperidine rings is 1. The minimum absolute atomic E-state index is 0.0624. The normalized spacial score (nSPS) is 19.3. The molecule has 2 heterocycles. The second-order valence-corrected chi connectivity index (χ2v) is 10.2. The predicted molar refractivity (Wildman–Crippen MR) is 119 cm³/mol. The fraction of sp³-hybridized carbons (Fsp3) is 0.391. The lowest BCUT2D eigenvalue weighted by molar-refractivity contribution is -0.121. The number of sulfonamides is 1. The zero-order valence-corrected chi connectivity index (χ0v) is 18.7. The van der Waals surface area contributed by atoms with Gasteiger partial charge in [-0.2, -0.15) is 4.31 Å².